The zero-order chi connectivity index (χ0) is 7.56. The number of hydrogen-bond donors (Lipinski definition) is 0. The van der Waals surface area contributed by atoms with Crippen molar-refractivity contribution < 1.29 is 4.79 Å². The van der Waals surface area contributed by atoms with Gasteiger partial charge in [-0.15, -0.1) is 0 Å². The van der Waals surface area contributed by atoms with Gasteiger partial charge in [-0.05, 0) is 13.8 Å². The van der Waals surface area contributed by atoms with Crippen LogP contribution in [-0.4, -0.2) is 24.4 Å². The largest absolute Gasteiger partial charge is 0.299 e. The number of carbonyl (C=O) groups excluding carboxylic acids is 1. The standard InChI is InChI=1S/C7H10N2O/c1-5(10)7-3-8-6(2)9-4-7/h3,7H,4H2,1-2H3. The Balaban J connectivity index is 2.60. The van der Waals surface area contributed by atoms with Gasteiger partial charge in [0.2, 0.25) is 0 Å². The Morgan fingerprint density at radius 3 is 2.90 bits per heavy atom. The molecule has 3 heteroatoms. The third-order valence-electron chi connectivity index (χ3n) is 1.48. The molecule has 54 valence electrons. The van der Waals surface area contributed by atoms with E-state index in [0.717, 1.165) is 5.84 Å². The van der Waals surface area contributed by atoms with Crippen molar-refractivity contribution in [2.45, 2.75) is 13.8 Å². The number of ketones is 1. The maximum atomic E-state index is 10.7. The van der Waals surface area contributed by atoms with Crippen LogP contribution in [0.1, 0.15) is 13.8 Å². The highest BCUT2D eigenvalue weighted by Crippen LogP contribution is 2.01. The van der Waals surface area contributed by atoms with E-state index in [1.165, 1.54) is 0 Å². The molecule has 0 aliphatic carbocycles. The number of carbonyl (C=O) groups is 1. The van der Waals surface area contributed by atoms with Gasteiger partial charge in [-0.2, -0.15) is 0 Å². The molecule has 1 rings (SSSR count). The van der Waals surface area contributed by atoms with Gasteiger partial charge in [0.1, 0.15) is 11.6 Å². The Kier molecular flexibility index (Phi) is 1.94. The summed E-state index contributed by atoms with van der Waals surface area (Å²) in [6, 6.07) is 0. The fourth-order valence-corrected chi connectivity index (χ4v) is 0.750. The summed E-state index contributed by atoms with van der Waals surface area (Å²) in [6.45, 7) is 3.96. The number of Topliss-reactive ketones (excluding diaryl/α,β-unsaturated/α-hetero) is 1. The number of nitrogens with zero attached hydrogens (tertiary/aromatic N) is 2. The smallest absolute Gasteiger partial charge is 0.140 e. The van der Waals surface area contributed by atoms with E-state index in [9.17, 15) is 4.79 Å². The topological polar surface area (TPSA) is 41.8 Å². The van der Waals surface area contributed by atoms with E-state index in [0.29, 0.717) is 6.54 Å². The first-order valence-electron chi connectivity index (χ1n) is 3.26. The van der Waals surface area contributed by atoms with Gasteiger partial charge in [-0.25, -0.2) is 4.99 Å². The summed E-state index contributed by atoms with van der Waals surface area (Å²) in [5.74, 6) is 0.821. The lowest BCUT2D eigenvalue weighted by Gasteiger charge is -2.08. The number of rotatable bonds is 1. The van der Waals surface area contributed by atoms with Crippen molar-refractivity contribution >= 4 is 17.8 Å². The first-order chi connectivity index (χ1) is 4.70. The molecule has 10 heavy (non-hydrogen) atoms. The molecule has 3 nitrogen and oxygen atoms in total. The highest BCUT2D eigenvalue weighted by molar-refractivity contribution is 6.00. The van der Waals surface area contributed by atoms with Gasteiger partial charge in [-0.3, -0.25) is 9.79 Å². The second-order valence-electron chi connectivity index (χ2n) is 2.38. The molecule has 0 radical (unpaired) electrons. The van der Waals surface area contributed by atoms with E-state index in [-0.39, 0.29) is 11.7 Å². The Bertz CT molecular complexity index is 206. The fraction of sp³-hybridized carbons (Fsp3) is 0.571. The first kappa shape index (κ1) is 7.12. The summed E-state index contributed by atoms with van der Waals surface area (Å²) in [6.07, 6.45) is 1.67. The van der Waals surface area contributed by atoms with E-state index in [4.69, 9.17) is 0 Å². The van der Waals surface area contributed by atoms with Gasteiger partial charge in [-0.1, -0.05) is 0 Å². The summed E-state index contributed by atoms with van der Waals surface area (Å²) in [4.78, 5) is 18.7. The Labute approximate surface area is 59.9 Å². The van der Waals surface area contributed by atoms with Gasteiger partial charge >= 0.3 is 0 Å². The molecule has 0 spiro atoms. The van der Waals surface area contributed by atoms with Crippen LogP contribution in [0.2, 0.25) is 0 Å². The SMILES string of the molecule is CC(=O)C1C=NC(C)=NC1. The Morgan fingerprint density at radius 1 is 1.80 bits per heavy atom. The molecule has 0 aromatic carbocycles. The van der Waals surface area contributed by atoms with E-state index < -0.39 is 0 Å². The van der Waals surface area contributed by atoms with E-state index >= 15 is 0 Å². The number of aliphatic imine (C=N–C) groups is 2. The van der Waals surface area contributed by atoms with Crippen molar-refractivity contribution in [3.8, 4) is 0 Å². The Morgan fingerprint density at radius 2 is 2.50 bits per heavy atom. The van der Waals surface area contributed by atoms with E-state index in [2.05, 4.69) is 9.98 Å². The summed E-state index contributed by atoms with van der Waals surface area (Å²) in [5.41, 5.74) is 0. The summed E-state index contributed by atoms with van der Waals surface area (Å²) in [7, 11) is 0. The fourth-order valence-electron chi connectivity index (χ4n) is 0.750. The number of hydrogen-bond acceptors (Lipinski definition) is 3. The zero-order valence-corrected chi connectivity index (χ0v) is 6.16. The highest BCUT2D eigenvalue weighted by atomic mass is 16.1. The molecule has 1 atom stereocenters. The molecule has 0 saturated heterocycles. The highest BCUT2D eigenvalue weighted by Gasteiger charge is 2.12. The average molecular weight is 138 g/mol. The zero-order valence-electron chi connectivity index (χ0n) is 6.16. The van der Waals surface area contributed by atoms with E-state index in [1.54, 1.807) is 13.1 Å². The van der Waals surface area contributed by atoms with Crippen LogP contribution < -0.4 is 0 Å². The Hall–Kier alpha value is -0.990. The molecule has 0 fully saturated rings. The molecule has 0 saturated carbocycles. The van der Waals surface area contributed by atoms with Gasteiger partial charge in [0.25, 0.3) is 0 Å². The van der Waals surface area contributed by atoms with Crippen molar-refractivity contribution in [2.24, 2.45) is 15.9 Å². The van der Waals surface area contributed by atoms with Crippen molar-refractivity contribution in [3.05, 3.63) is 0 Å². The summed E-state index contributed by atoms with van der Waals surface area (Å²) in [5, 5.41) is 0. The van der Waals surface area contributed by atoms with Gasteiger partial charge in [0.05, 0.1) is 12.5 Å². The quantitative estimate of drug-likeness (QED) is 0.525. The molecule has 0 amide bonds. The van der Waals surface area contributed by atoms with Crippen LogP contribution in [-0.2, 0) is 4.79 Å². The minimum absolute atomic E-state index is 0.0799. The molecular formula is C7H10N2O. The number of amidine groups is 1. The molecule has 1 unspecified atom stereocenters. The van der Waals surface area contributed by atoms with E-state index in [1.807, 2.05) is 6.92 Å². The summed E-state index contributed by atoms with van der Waals surface area (Å²) < 4.78 is 0. The molecule has 0 bridgehead atoms. The molecule has 0 aromatic heterocycles. The molecular weight excluding hydrogens is 128 g/mol. The lowest BCUT2D eigenvalue weighted by Crippen LogP contribution is -2.20. The maximum absolute atomic E-state index is 10.7. The minimum Gasteiger partial charge on any atom is -0.299 e. The first-order valence-corrected chi connectivity index (χ1v) is 3.26. The van der Waals surface area contributed by atoms with Crippen LogP contribution in [0.5, 0.6) is 0 Å². The predicted molar refractivity (Wildman–Crippen MR) is 40.6 cm³/mol. The van der Waals surface area contributed by atoms with Crippen molar-refractivity contribution in [2.75, 3.05) is 6.54 Å². The third-order valence-corrected chi connectivity index (χ3v) is 1.48. The van der Waals surface area contributed by atoms with Crippen LogP contribution in [0.3, 0.4) is 0 Å². The lowest BCUT2D eigenvalue weighted by molar-refractivity contribution is -0.118. The van der Waals surface area contributed by atoms with Crippen molar-refractivity contribution in [1.82, 2.24) is 0 Å². The second kappa shape index (κ2) is 2.73. The lowest BCUT2D eigenvalue weighted by atomic mass is 10.1. The van der Waals surface area contributed by atoms with Gasteiger partial charge in [0, 0.05) is 6.21 Å². The molecule has 0 aromatic rings. The molecule has 1 aliphatic heterocycles. The maximum Gasteiger partial charge on any atom is 0.140 e. The van der Waals surface area contributed by atoms with Crippen LogP contribution in [0.15, 0.2) is 9.98 Å². The average Bonchev–Trinajstić information content (AvgIpc) is 1.88. The molecule has 1 aliphatic rings. The normalized spacial score (nSPS) is 24.2. The van der Waals surface area contributed by atoms with Crippen LogP contribution >= 0.6 is 0 Å². The van der Waals surface area contributed by atoms with Crippen LogP contribution in [0.25, 0.3) is 0 Å². The van der Waals surface area contributed by atoms with Gasteiger partial charge in [0.15, 0.2) is 0 Å². The summed E-state index contributed by atoms with van der Waals surface area (Å²) >= 11 is 0. The molecule has 0 N–H and O–H groups in total. The monoisotopic (exact) mass is 138 g/mol. The minimum atomic E-state index is -0.0799. The third kappa shape index (κ3) is 1.50. The predicted octanol–water partition coefficient (Wildman–Crippen LogP) is 0.694. The van der Waals surface area contributed by atoms with Gasteiger partial charge < -0.3 is 0 Å². The van der Waals surface area contributed by atoms with Crippen LogP contribution in [0.4, 0.5) is 0 Å². The molecule has 1 heterocycles. The second-order valence-corrected chi connectivity index (χ2v) is 2.38. The van der Waals surface area contributed by atoms with Crippen molar-refractivity contribution in [1.29, 1.82) is 0 Å². The van der Waals surface area contributed by atoms with Crippen molar-refractivity contribution in [3.63, 3.8) is 0 Å². The van der Waals surface area contributed by atoms with Crippen LogP contribution in [0, 0.1) is 5.92 Å².